The molecule has 0 heterocycles. The van der Waals surface area contributed by atoms with E-state index in [4.69, 9.17) is 11.6 Å². The Kier molecular flexibility index (Phi) is 43.1. The van der Waals surface area contributed by atoms with Gasteiger partial charge in [0, 0.05) is 0 Å². The van der Waals surface area contributed by atoms with E-state index < -0.39 is 0 Å². The lowest BCUT2D eigenvalue weighted by atomic mass is 10.0. The predicted molar refractivity (Wildman–Crippen MR) is 204 cm³/mol. The van der Waals surface area contributed by atoms with Crippen LogP contribution in [0, 0.1) is 0 Å². The quantitative estimate of drug-likeness (QED) is 0.0263. The van der Waals surface area contributed by atoms with Crippen molar-refractivity contribution in [3.63, 3.8) is 0 Å². The first-order valence-corrected chi connectivity index (χ1v) is 21.6. The fraction of sp³-hybridized carbons (Fsp3) is 1.00. The van der Waals surface area contributed by atoms with Crippen molar-refractivity contribution in [3.05, 3.63) is 0 Å². The molecule has 0 unspecified atom stereocenters. The third kappa shape index (κ3) is 38.9. The van der Waals surface area contributed by atoms with Crippen LogP contribution in [0.5, 0.6) is 0 Å². The van der Waals surface area contributed by atoms with E-state index in [1.807, 2.05) is 0 Å². The molecule has 0 aromatic carbocycles. The number of halogens is 2. The van der Waals surface area contributed by atoms with Crippen LogP contribution in [0.25, 0.3) is 0 Å². The van der Waals surface area contributed by atoms with Crippen molar-refractivity contribution < 1.29 is 16.9 Å². The fourth-order valence-corrected chi connectivity index (χ4v) is 7.26. The summed E-state index contributed by atoms with van der Waals surface area (Å²) >= 11 is 6.44. The summed E-state index contributed by atoms with van der Waals surface area (Å²) < 4.78 is 1.08. The van der Waals surface area contributed by atoms with Gasteiger partial charge in [0.25, 0.3) is 0 Å². The SMILES string of the molecule is CCCCCCCCCCCCCCCCCCCC[N+](C)(CCl)CCCCCCCCCCCCCCCCCCCC.[Cl-]. The summed E-state index contributed by atoms with van der Waals surface area (Å²) in [5.41, 5.74) is 0. The van der Waals surface area contributed by atoms with E-state index in [0.29, 0.717) is 0 Å². The van der Waals surface area contributed by atoms with Gasteiger partial charge in [-0.05, 0) is 25.7 Å². The van der Waals surface area contributed by atoms with E-state index >= 15 is 0 Å². The number of rotatable bonds is 39. The third-order valence-electron chi connectivity index (χ3n) is 10.4. The minimum atomic E-state index is 0. The first kappa shape index (κ1) is 47.7. The predicted octanol–water partition coefficient (Wildman–Crippen LogP) is 12.7. The lowest BCUT2D eigenvalue weighted by Gasteiger charge is -2.32. The summed E-state index contributed by atoms with van der Waals surface area (Å²) in [5, 5.41) is 0. The van der Waals surface area contributed by atoms with Crippen molar-refractivity contribution in [1.82, 2.24) is 0 Å². The van der Waals surface area contributed by atoms with Crippen LogP contribution in [0.2, 0.25) is 0 Å². The molecule has 274 valence electrons. The molecule has 0 aliphatic rings. The lowest BCUT2D eigenvalue weighted by molar-refractivity contribution is -0.899. The first-order chi connectivity index (χ1) is 21.7. The molecule has 45 heavy (non-hydrogen) atoms. The smallest absolute Gasteiger partial charge is 0.154 e. The van der Waals surface area contributed by atoms with Crippen LogP contribution in [0.15, 0.2) is 0 Å². The second-order valence-corrected chi connectivity index (χ2v) is 15.4. The Morgan fingerprint density at radius 3 is 0.600 bits per heavy atom. The van der Waals surface area contributed by atoms with Gasteiger partial charge in [-0.25, -0.2) is 0 Å². The largest absolute Gasteiger partial charge is 1.00 e. The Morgan fingerprint density at radius 1 is 0.289 bits per heavy atom. The second kappa shape index (κ2) is 40.7. The Bertz CT molecular complexity index is 471. The van der Waals surface area contributed by atoms with Gasteiger partial charge in [-0.1, -0.05) is 231 Å². The van der Waals surface area contributed by atoms with Crippen LogP contribution < -0.4 is 12.4 Å². The molecular weight excluding hydrogens is 589 g/mol. The van der Waals surface area contributed by atoms with E-state index in [1.54, 1.807) is 0 Å². The van der Waals surface area contributed by atoms with Crippen LogP contribution in [-0.2, 0) is 0 Å². The summed E-state index contributed by atoms with van der Waals surface area (Å²) in [6.45, 7) is 7.17. The lowest BCUT2D eigenvalue weighted by Crippen LogP contribution is -3.00. The number of nitrogens with zero attached hydrogens (tertiary/aromatic N) is 1. The summed E-state index contributed by atoms with van der Waals surface area (Å²) in [6, 6.07) is 0.790. The van der Waals surface area contributed by atoms with Crippen molar-refractivity contribution in [2.24, 2.45) is 0 Å². The number of hydrogen-bond acceptors (Lipinski definition) is 0. The van der Waals surface area contributed by atoms with Crippen molar-refractivity contribution in [2.45, 2.75) is 245 Å². The monoisotopic (exact) mass is 676 g/mol. The molecule has 3 heteroatoms. The first-order valence-electron chi connectivity index (χ1n) is 21.1. The summed E-state index contributed by atoms with van der Waals surface area (Å²) in [4.78, 5) is 0. The zero-order valence-electron chi connectivity index (χ0n) is 31.8. The van der Waals surface area contributed by atoms with Crippen LogP contribution in [0.3, 0.4) is 0 Å². The van der Waals surface area contributed by atoms with Crippen molar-refractivity contribution in [3.8, 4) is 0 Å². The van der Waals surface area contributed by atoms with Crippen LogP contribution in [0.1, 0.15) is 245 Å². The highest BCUT2D eigenvalue weighted by Crippen LogP contribution is 2.18. The minimum Gasteiger partial charge on any atom is -1.00 e. The molecule has 0 saturated carbocycles. The van der Waals surface area contributed by atoms with Gasteiger partial charge in [0.1, 0.15) is 0 Å². The van der Waals surface area contributed by atoms with Crippen molar-refractivity contribution in [2.75, 3.05) is 26.1 Å². The number of quaternary nitrogens is 1. The number of alkyl halides is 1. The maximum absolute atomic E-state index is 6.44. The highest BCUT2D eigenvalue weighted by atomic mass is 35.5. The molecule has 0 fully saturated rings. The molecule has 0 aromatic heterocycles. The molecule has 0 rings (SSSR count). The number of hydrogen-bond donors (Lipinski definition) is 0. The molecule has 0 aliphatic heterocycles. The van der Waals surface area contributed by atoms with Crippen LogP contribution in [-0.4, -0.2) is 30.6 Å². The summed E-state index contributed by atoms with van der Waals surface area (Å²) in [6.07, 6.45) is 52.2. The maximum Gasteiger partial charge on any atom is 0.154 e. The molecule has 0 spiro atoms. The molecule has 0 aromatic rings. The molecule has 0 bridgehead atoms. The van der Waals surface area contributed by atoms with Crippen molar-refractivity contribution >= 4 is 11.6 Å². The van der Waals surface area contributed by atoms with Crippen LogP contribution >= 0.6 is 11.6 Å². The van der Waals surface area contributed by atoms with Gasteiger partial charge in [-0.3, -0.25) is 0 Å². The molecule has 0 amide bonds. The molecule has 0 saturated heterocycles. The van der Waals surface area contributed by atoms with E-state index in [2.05, 4.69) is 20.9 Å². The topological polar surface area (TPSA) is 0 Å². The van der Waals surface area contributed by atoms with E-state index in [9.17, 15) is 0 Å². The Morgan fingerprint density at radius 2 is 0.444 bits per heavy atom. The molecule has 0 atom stereocenters. The summed E-state index contributed by atoms with van der Waals surface area (Å²) in [7, 11) is 2.40. The zero-order valence-corrected chi connectivity index (χ0v) is 33.3. The Balaban J connectivity index is 0. The highest BCUT2D eigenvalue weighted by molar-refractivity contribution is 6.16. The minimum absolute atomic E-state index is 0. The molecule has 0 N–H and O–H groups in total. The maximum atomic E-state index is 6.44. The number of unbranched alkanes of at least 4 members (excludes halogenated alkanes) is 34. The molecule has 0 aliphatic carbocycles. The van der Waals surface area contributed by atoms with E-state index in [0.717, 1.165) is 10.5 Å². The summed E-state index contributed by atoms with van der Waals surface area (Å²) in [5.74, 6) is 0. The average molecular weight is 677 g/mol. The third-order valence-corrected chi connectivity index (χ3v) is 11.0. The normalized spacial score (nSPS) is 11.7. The van der Waals surface area contributed by atoms with Gasteiger partial charge in [0.2, 0.25) is 0 Å². The fourth-order valence-electron chi connectivity index (χ4n) is 7.02. The van der Waals surface area contributed by atoms with Gasteiger partial charge in [-0.2, -0.15) is 0 Å². The molecule has 1 nitrogen and oxygen atoms in total. The van der Waals surface area contributed by atoms with Crippen molar-refractivity contribution in [1.29, 1.82) is 0 Å². The van der Waals surface area contributed by atoms with E-state index in [-0.39, 0.29) is 12.4 Å². The van der Waals surface area contributed by atoms with Gasteiger partial charge in [-0.15, -0.1) is 0 Å². The van der Waals surface area contributed by atoms with E-state index in [1.165, 1.54) is 244 Å². The molecule has 0 radical (unpaired) electrons. The highest BCUT2D eigenvalue weighted by Gasteiger charge is 2.18. The molecular formula is C42H87Cl2N. The average Bonchev–Trinajstić information content (AvgIpc) is 3.03. The second-order valence-electron chi connectivity index (χ2n) is 15.2. The van der Waals surface area contributed by atoms with Gasteiger partial charge in [0.05, 0.1) is 20.1 Å². The Hall–Kier alpha value is 0.540. The van der Waals surface area contributed by atoms with Gasteiger partial charge >= 0.3 is 0 Å². The van der Waals surface area contributed by atoms with Crippen LogP contribution in [0.4, 0.5) is 0 Å². The van der Waals surface area contributed by atoms with Gasteiger partial charge in [0.15, 0.2) is 6.00 Å². The Labute approximate surface area is 298 Å². The van der Waals surface area contributed by atoms with Gasteiger partial charge < -0.3 is 16.9 Å². The standard InChI is InChI=1S/C42H87ClN.ClH/c1-4-6-8-10-12-14-16-18-20-22-24-26-28-30-32-34-36-38-40-44(3,42-43)41-39-37-35-33-31-29-27-25-23-21-19-17-15-13-11-9-7-5-2;/h4-42H2,1-3H3;1H/q+1;/p-1. The zero-order chi connectivity index (χ0) is 32.1.